The molecule has 28 heavy (non-hydrogen) atoms. The fourth-order valence-corrected chi connectivity index (χ4v) is 2.22. The molecule has 0 aliphatic rings. The minimum atomic E-state index is -0.602. The minimum Gasteiger partial charge on any atom is -0.494 e. The van der Waals surface area contributed by atoms with Crippen molar-refractivity contribution >= 4 is 23.5 Å². The number of hydrogen-bond donors (Lipinski definition) is 1. The topological polar surface area (TPSA) is 90.9 Å². The van der Waals surface area contributed by atoms with Crippen molar-refractivity contribution in [2.24, 2.45) is 0 Å². The van der Waals surface area contributed by atoms with E-state index < -0.39 is 24.5 Å². The smallest absolute Gasteiger partial charge is 0.338 e. The van der Waals surface area contributed by atoms with Crippen LogP contribution in [0.4, 0.5) is 5.69 Å². The van der Waals surface area contributed by atoms with E-state index in [2.05, 4.69) is 5.32 Å². The molecule has 1 N–H and O–H groups in total. The summed E-state index contributed by atoms with van der Waals surface area (Å²) >= 11 is 0. The van der Waals surface area contributed by atoms with E-state index in [0.29, 0.717) is 29.2 Å². The molecule has 0 saturated carbocycles. The zero-order valence-corrected chi connectivity index (χ0v) is 15.9. The normalized spacial score (nSPS) is 10.1. The van der Waals surface area contributed by atoms with Crippen molar-refractivity contribution in [1.29, 1.82) is 0 Å². The standard InChI is InChI=1S/C21H23NO6/c1-3-13-27-18-11-7-16(8-12-18)21(25)28-14-19(23)22-17-9-5-15(6-10-17)20(24)26-4-2/h5-12H,3-4,13-14H2,1-2H3,(H,22,23). The van der Waals surface area contributed by atoms with Crippen LogP contribution in [-0.2, 0) is 14.3 Å². The molecule has 2 aromatic rings. The molecule has 0 fully saturated rings. The third-order valence-electron chi connectivity index (χ3n) is 3.58. The van der Waals surface area contributed by atoms with E-state index in [1.54, 1.807) is 55.5 Å². The van der Waals surface area contributed by atoms with Gasteiger partial charge in [-0.05, 0) is 61.9 Å². The Hall–Kier alpha value is -3.35. The van der Waals surface area contributed by atoms with E-state index in [1.807, 2.05) is 6.92 Å². The Balaban J connectivity index is 1.81. The van der Waals surface area contributed by atoms with E-state index in [1.165, 1.54) is 0 Å². The minimum absolute atomic E-state index is 0.289. The first kappa shape index (κ1) is 21.0. The summed E-state index contributed by atoms with van der Waals surface area (Å²) in [6.45, 7) is 4.20. The predicted molar refractivity (Wildman–Crippen MR) is 104 cm³/mol. The summed E-state index contributed by atoms with van der Waals surface area (Å²) in [5, 5.41) is 2.59. The van der Waals surface area contributed by atoms with Crippen molar-refractivity contribution in [1.82, 2.24) is 0 Å². The molecule has 7 heteroatoms. The Morgan fingerprint density at radius 2 is 1.39 bits per heavy atom. The van der Waals surface area contributed by atoms with Gasteiger partial charge in [-0.25, -0.2) is 9.59 Å². The van der Waals surface area contributed by atoms with Crippen LogP contribution in [0.3, 0.4) is 0 Å². The van der Waals surface area contributed by atoms with Crippen LogP contribution >= 0.6 is 0 Å². The van der Waals surface area contributed by atoms with Crippen LogP contribution in [0.1, 0.15) is 41.0 Å². The molecule has 0 bridgehead atoms. The summed E-state index contributed by atoms with van der Waals surface area (Å²) in [5.41, 5.74) is 1.19. The molecule has 0 unspecified atom stereocenters. The van der Waals surface area contributed by atoms with Crippen molar-refractivity contribution in [2.75, 3.05) is 25.1 Å². The highest BCUT2D eigenvalue weighted by Crippen LogP contribution is 2.14. The zero-order valence-electron chi connectivity index (χ0n) is 15.9. The Labute approximate surface area is 163 Å². The summed E-state index contributed by atoms with van der Waals surface area (Å²) < 4.78 is 15.3. The van der Waals surface area contributed by atoms with Gasteiger partial charge in [0.1, 0.15) is 5.75 Å². The number of esters is 2. The van der Waals surface area contributed by atoms with Crippen molar-refractivity contribution < 1.29 is 28.6 Å². The molecular formula is C21H23NO6. The fraction of sp³-hybridized carbons (Fsp3) is 0.286. The van der Waals surface area contributed by atoms with Gasteiger partial charge >= 0.3 is 11.9 Å². The number of nitrogens with one attached hydrogen (secondary N) is 1. The van der Waals surface area contributed by atoms with Gasteiger partial charge in [-0.1, -0.05) is 6.92 Å². The lowest BCUT2D eigenvalue weighted by atomic mass is 10.2. The number of ether oxygens (including phenoxy) is 3. The van der Waals surface area contributed by atoms with Gasteiger partial charge in [-0.15, -0.1) is 0 Å². The molecule has 0 atom stereocenters. The van der Waals surface area contributed by atoms with E-state index >= 15 is 0 Å². The van der Waals surface area contributed by atoms with Crippen LogP contribution in [0.2, 0.25) is 0 Å². The van der Waals surface area contributed by atoms with Gasteiger partial charge in [-0.2, -0.15) is 0 Å². The molecule has 2 aromatic carbocycles. The van der Waals surface area contributed by atoms with Gasteiger partial charge in [0.15, 0.2) is 6.61 Å². The molecule has 7 nitrogen and oxygen atoms in total. The lowest BCUT2D eigenvalue weighted by Gasteiger charge is -2.08. The average Bonchev–Trinajstić information content (AvgIpc) is 2.71. The maximum absolute atomic E-state index is 12.0. The summed E-state index contributed by atoms with van der Waals surface area (Å²) in [6, 6.07) is 12.7. The molecule has 0 aliphatic carbocycles. The SMILES string of the molecule is CCCOc1ccc(C(=O)OCC(=O)Nc2ccc(C(=O)OCC)cc2)cc1. The quantitative estimate of drug-likeness (QED) is 0.665. The second-order valence-electron chi connectivity index (χ2n) is 5.79. The van der Waals surface area contributed by atoms with Gasteiger partial charge < -0.3 is 19.5 Å². The number of benzene rings is 2. The highest BCUT2D eigenvalue weighted by molar-refractivity contribution is 5.96. The predicted octanol–water partition coefficient (Wildman–Crippen LogP) is 3.45. The number of rotatable bonds is 9. The van der Waals surface area contributed by atoms with Gasteiger partial charge in [0.2, 0.25) is 0 Å². The van der Waals surface area contributed by atoms with Crippen LogP contribution in [0.5, 0.6) is 5.75 Å². The molecule has 0 aliphatic heterocycles. The maximum atomic E-state index is 12.0. The van der Waals surface area contributed by atoms with Crippen LogP contribution in [0.25, 0.3) is 0 Å². The Bertz CT molecular complexity index is 799. The zero-order chi connectivity index (χ0) is 20.4. The molecule has 1 amide bonds. The molecule has 0 saturated heterocycles. The Kier molecular flexibility index (Phi) is 8.02. The number of hydrogen-bond acceptors (Lipinski definition) is 6. The Morgan fingerprint density at radius 3 is 1.96 bits per heavy atom. The van der Waals surface area contributed by atoms with Crippen molar-refractivity contribution in [3.8, 4) is 5.75 Å². The fourth-order valence-electron chi connectivity index (χ4n) is 2.22. The van der Waals surface area contributed by atoms with E-state index in [4.69, 9.17) is 14.2 Å². The van der Waals surface area contributed by atoms with E-state index in [9.17, 15) is 14.4 Å². The van der Waals surface area contributed by atoms with Crippen molar-refractivity contribution in [3.63, 3.8) is 0 Å². The van der Waals surface area contributed by atoms with Crippen LogP contribution < -0.4 is 10.1 Å². The highest BCUT2D eigenvalue weighted by atomic mass is 16.5. The average molecular weight is 385 g/mol. The second kappa shape index (κ2) is 10.7. The summed E-state index contributed by atoms with van der Waals surface area (Å²) in [5.74, 6) is -0.849. The summed E-state index contributed by atoms with van der Waals surface area (Å²) in [6.07, 6.45) is 0.893. The second-order valence-corrected chi connectivity index (χ2v) is 5.79. The molecule has 0 aromatic heterocycles. The van der Waals surface area contributed by atoms with Gasteiger partial charge in [0.25, 0.3) is 5.91 Å². The van der Waals surface area contributed by atoms with E-state index in [0.717, 1.165) is 6.42 Å². The largest absolute Gasteiger partial charge is 0.494 e. The lowest BCUT2D eigenvalue weighted by Crippen LogP contribution is -2.21. The van der Waals surface area contributed by atoms with Crippen molar-refractivity contribution in [3.05, 3.63) is 59.7 Å². The monoisotopic (exact) mass is 385 g/mol. The number of carbonyl (C=O) groups excluding carboxylic acids is 3. The third-order valence-corrected chi connectivity index (χ3v) is 3.58. The maximum Gasteiger partial charge on any atom is 0.338 e. The van der Waals surface area contributed by atoms with Crippen LogP contribution in [-0.4, -0.2) is 37.7 Å². The van der Waals surface area contributed by atoms with Gasteiger partial charge in [0.05, 0.1) is 24.3 Å². The van der Waals surface area contributed by atoms with Gasteiger partial charge in [0, 0.05) is 5.69 Å². The van der Waals surface area contributed by atoms with Gasteiger partial charge in [-0.3, -0.25) is 4.79 Å². The molecule has 2 rings (SSSR count). The Morgan fingerprint density at radius 1 is 0.821 bits per heavy atom. The first-order valence-electron chi connectivity index (χ1n) is 9.00. The molecule has 0 heterocycles. The van der Waals surface area contributed by atoms with E-state index in [-0.39, 0.29) is 6.61 Å². The first-order chi connectivity index (χ1) is 13.5. The number of amides is 1. The number of carbonyl (C=O) groups is 3. The van der Waals surface area contributed by atoms with Crippen LogP contribution in [0, 0.1) is 0 Å². The van der Waals surface area contributed by atoms with Crippen molar-refractivity contribution in [2.45, 2.75) is 20.3 Å². The first-order valence-corrected chi connectivity index (χ1v) is 9.00. The summed E-state index contributed by atoms with van der Waals surface area (Å²) in [4.78, 5) is 35.5. The third kappa shape index (κ3) is 6.42. The number of anilines is 1. The summed E-state index contributed by atoms with van der Waals surface area (Å²) in [7, 11) is 0. The van der Waals surface area contributed by atoms with Crippen LogP contribution in [0.15, 0.2) is 48.5 Å². The molecule has 148 valence electrons. The molecule has 0 radical (unpaired) electrons. The lowest BCUT2D eigenvalue weighted by molar-refractivity contribution is -0.119. The molecular weight excluding hydrogens is 362 g/mol. The molecule has 0 spiro atoms. The highest BCUT2D eigenvalue weighted by Gasteiger charge is 2.11.